The number of terminal acetylenes is 1. The highest BCUT2D eigenvalue weighted by Crippen LogP contribution is 2.62. The summed E-state index contributed by atoms with van der Waals surface area (Å²) in [7, 11) is 0. The fraction of sp³-hybridized carbons (Fsp3) is 0.333. The van der Waals surface area contributed by atoms with Gasteiger partial charge in [-0.05, 0) is 30.1 Å². The second kappa shape index (κ2) is 3.00. The Kier molecular flexibility index (Phi) is 2.46. The van der Waals surface area contributed by atoms with Crippen LogP contribution in [0.3, 0.4) is 0 Å². The number of allylic oxidation sites excluding steroid dienone is 2. The largest absolute Gasteiger partial charge is 0.448 e. The van der Waals surface area contributed by atoms with Gasteiger partial charge >= 0.3 is 0 Å². The molecule has 1 aliphatic heterocycles. The molecule has 1 nitrogen and oxygen atoms in total. The van der Waals surface area contributed by atoms with Crippen LogP contribution in [0.2, 0.25) is 0 Å². The van der Waals surface area contributed by atoms with Crippen molar-refractivity contribution >= 4 is 28.7 Å². The van der Waals surface area contributed by atoms with E-state index in [4.69, 9.17) is 22.8 Å². The Bertz CT molecular complexity index is 251. The highest BCUT2D eigenvalue weighted by Gasteiger charge is 2.22. The molecule has 1 atom stereocenters. The van der Waals surface area contributed by atoms with Gasteiger partial charge in [0.25, 0.3) is 0 Å². The standard InChI is InChI=1S/C6H7OPS2/c1-3-6-4-5-8(9,7-6)10-2/h1,4H,5H2,2H3. The molecule has 0 aromatic heterocycles. The normalized spacial score (nSPS) is 30.6. The summed E-state index contributed by atoms with van der Waals surface area (Å²) >= 11 is 6.83. The van der Waals surface area contributed by atoms with Gasteiger partial charge in [0, 0.05) is 6.16 Å². The fourth-order valence-corrected chi connectivity index (χ4v) is 3.33. The lowest BCUT2D eigenvalue weighted by Gasteiger charge is -2.11. The number of rotatable bonds is 1. The van der Waals surface area contributed by atoms with E-state index in [1.54, 1.807) is 11.4 Å². The third kappa shape index (κ3) is 1.58. The van der Waals surface area contributed by atoms with Crippen molar-refractivity contribution in [1.82, 2.24) is 0 Å². The maximum atomic E-state index is 5.36. The summed E-state index contributed by atoms with van der Waals surface area (Å²) in [6.45, 7) is 0. The van der Waals surface area contributed by atoms with E-state index >= 15 is 0 Å². The van der Waals surface area contributed by atoms with Gasteiger partial charge in [0.15, 0.2) is 11.2 Å². The molecule has 54 valence electrons. The third-order valence-electron chi connectivity index (χ3n) is 1.16. The van der Waals surface area contributed by atoms with Crippen molar-refractivity contribution in [3.63, 3.8) is 0 Å². The Labute approximate surface area is 70.1 Å². The second-order valence-electron chi connectivity index (χ2n) is 1.78. The minimum absolute atomic E-state index is 0.623. The molecule has 1 aliphatic rings. The van der Waals surface area contributed by atoms with Crippen molar-refractivity contribution in [2.45, 2.75) is 0 Å². The molecule has 0 aromatic rings. The van der Waals surface area contributed by atoms with Gasteiger partial charge in [-0.15, -0.1) is 6.42 Å². The molecular weight excluding hydrogens is 183 g/mol. The van der Waals surface area contributed by atoms with Gasteiger partial charge in [-0.25, -0.2) is 0 Å². The van der Waals surface area contributed by atoms with Crippen molar-refractivity contribution in [1.29, 1.82) is 0 Å². The molecule has 0 amide bonds. The van der Waals surface area contributed by atoms with E-state index in [1.165, 1.54) is 0 Å². The third-order valence-corrected chi connectivity index (χ3v) is 7.17. The Morgan fingerprint density at radius 2 is 2.70 bits per heavy atom. The van der Waals surface area contributed by atoms with Crippen LogP contribution in [0.5, 0.6) is 0 Å². The second-order valence-corrected chi connectivity index (χ2v) is 9.24. The number of hydrogen-bond donors (Lipinski definition) is 0. The summed E-state index contributed by atoms with van der Waals surface area (Å²) in [6.07, 6.45) is 9.83. The summed E-state index contributed by atoms with van der Waals surface area (Å²) in [5, 5.41) is 0. The van der Waals surface area contributed by atoms with E-state index in [0.29, 0.717) is 5.76 Å². The minimum atomic E-state index is -1.61. The lowest BCUT2D eigenvalue weighted by atomic mass is 10.5. The van der Waals surface area contributed by atoms with Gasteiger partial charge < -0.3 is 4.52 Å². The highest BCUT2D eigenvalue weighted by molar-refractivity contribution is 8.69. The average molecular weight is 190 g/mol. The molecule has 0 saturated carbocycles. The van der Waals surface area contributed by atoms with Gasteiger partial charge in [-0.2, -0.15) is 0 Å². The zero-order chi connectivity index (χ0) is 7.61. The van der Waals surface area contributed by atoms with Crippen molar-refractivity contribution in [3.05, 3.63) is 11.8 Å². The SMILES string of the molecule is C#CC1=CCP(=S)(SC)O1. The zero-order valence-corrected chi connectivity index (χ0v) is 8.06. The van der Waals surface area contributed by atoms with Gasteiger partial charge in [0.2, 0.25) is 0 Å². The summed E-state index contributed by atoms with van der Waals surface area (Å²) < 4.78 is 5.36. The molecule has 0 radical (unpaired) electrons. The van der Waals surface area contributed by atoms with Crippen LogP contribution in [0.4, 0.5) is 0 Å². The van der Waals surface area contributed by atoms with E-state index in [-0.39, 0.29) is 0 Å². The van der Waals surface area contributed by atoms with Crippen molar-refractivity contribution < 1.29 is 4.52 Å². The number of hydrogen-bond acceptors (Lipinski definition) is 3. The summed E-state index contributed by atoms with van der Waals surface area (Å²) in [5.74, 6) is 3.06. The first-order chi connectivity index (χ1) is 4.70. The van der Waals surface area contributed by atoms with Crippen molar-refractivity contribution in [2.24, 2.45) is 0 Å². The Balaban J connectivity index is 2.70. The molecule has 0 fully saturated rings. The molecule has 0 saturated heterocycles. The van der Waals surface area contributed by atoms with Crippen LogP contribution in [-0.4, -0.2) is 12.4 Å². The predicted octanol–water partition coefficient (Wildman–Crippen LogP) is 2.21. The zero-order valence-electron chi connectivity index (χ0n) is 5.53. The topological polar surface area (TPSA) is 9.23 Å². The molecule has 1 unspecified atom stereocenters. The first kappa shape index (κ1) is 8.20. The van der Waals surface area contributed by atoms with E-state index in [9.17, 15) is 0 Å². The molecule has 1 rings (SSSR count). The van der Waals surface area contributed by atoms with Crippen LogP contribution in [0.25, 0.3) is 0 Å². The van der Waals surface area contributed by atoms with Crippen LogP contribution < -0.4 is 0 Å². The van der Waals surface area contributed by atoms with Crippen LogP contribution in [0.1, 0.15) is 0 Å². The van der Waals surface area contributed by atoms with Gasteiger partial charge in [-0.1, -0.05) is 11.4 Å². The molecule has 4 heteroatoms. The molecule has 0 spiro atoms. The van der Waals surface area contributed by atoms with E-state index < -0.39 is 5.47 Å². The Morgan fingerprint density at radius 1 is 2.00 bits per heavy atom. The van der Waals surface area contributed by atoms with Crippen molar-refractivity contribution in [2.75, 3.05) is 12.4 Å². The van der Waals surface area contributed by atoms with Crippen LogP contribution in [0.15, 0.2) is 11.8 Å². The van der Waals surface area contributed by atoms with E-state index in [2.05, 4.69) is 5.92 Å². The lowest BCUT2D eigenvalue weighted by molar-refractivity contribution is 0.523. The molecule has 0 aliphatic carbocycles. The van der Waals surface area contributed by atoms with Gasteiger partial charge in [0.05, 0.1) is 0 Å². The van der Waals surface area contributed by atoms with Gasteiger partial charge in [0.1, 0.15) is 0 Å². The summed E-state index contributed by atoms with van der Waals surface area (Å²) in [5.41, 5.74) is -1.61. The average Bonchev–Trinajstić information content (AvgIpc) is 2.33. The van der Waals surface area contributed by atoms with Crippen molar-refractivity contribution in [3.8, 4) is 12.3 Å². The van der Waals surface area contributed by atoms with Crippen LogP contribution >= 0.6 is 16.8 Å². The maximum Gasteiger partial charge on any atom is 0.172 e. The fourth-order valence-electron chi connectivity index (χ4n) is 0.616. The predicted molar refractivity (Wildman–Crippen MR) is 50.7 cm³/mol. The van der Waals surface area contributed by atoms with Crippen LogP contribution in [-0.2, 0) is 16.3 Å². The maximum absolute atomic E-state index is 5.36. The first-order valence-electron chi connectivity index (χ1n) is 2.71. The first-order valence-corrected chi connectivity index (χ1v) is 7.45. The molecule has 1 heterocycles. The Morgan fingerprint density at radius 3 is 3.00 bits per heavy atom. The van der Waals surface area contributed by atoms with Gasteiger partial charge in [-0.3, -0.25) is 0 Å². The highest BCUT2D eigenvalue weighted by atomic mass is 32.9. The molecule has 0 aromatic carbocycles. The molecule has 0 N–H and O–H groups in total. The quantitative estimate of drug-likeness (QED) is 0.463. The molecular formula is C6H7OPS2. The van der Waals surface area contributed by atoms with E-state index in [0.717, 1.165) is 6.16 Å². The smallest absolute Gasteiger partial charge is 0.172 e. The summed E-state index contributed by atoms with van der Waals surface area (Å²) in [6, 6.07) is 0. The Hall–Kier alpha value is 0.1000. The van der Waals surface area contributed by atoms with Crippen LogP contribution in [0, 0.1) is 12.3 Å². The molecule has 0 bridgehead atoms. The monoisotopic (exact) mass is 190 g/mol. The molecule has 10 heavy (non-hydrogen) atoms. The lowest BCUT2D eigenvalue weighted by Crippen LogP contribution is -1.75. The van der Waals surface area contributed by atoms with E-state index in [1.807, 2.05) is 12.3 Å². The summed E-state index contributed by atoms with van der Waals surface area (Å²) in [4.78, 5) is 0. The minimum Gasteiger partial charge on any atom is -0.448 e.